The Morgan fingerprint density at radius 1 is 1.29 bits per heavy atom. The Morgan fingerprint density at radius 2 is 1.89 bits per heavy atom. The van der Waals surface area contributed by atoms with Crippen molar-refractivity contribution in [1.82, 2.24) is 14.7 Å². The van der Waals surface area contributed by atoms with Crippen LogP contribution in [0.25, 0.3) is 11.3 Å². The number of benzene rings is 1. The van der Waals surface area contributed by atoms with E-state index in [-0.39, 0.29) is 40.5 Å². The van der Waals surface area contributed by atoms with Crippen LogP contribution in [0.4, 0.5) is 8.78 Å². The minimum Gasteiger partial charge on any atom is -0.474 e. The molecule has 192 valence electrons. The van der Waals surface area contributed by atoms with Gasteiger partial charge in [0.1, 0.15) is 46.6 Å². The summed E-state index contributed by atoms with van der Waals surface area (Å²) in [5.41, 5.74) is 4.06. The van der Waals surface area contributed by atoms with Gasteiger partial charge in [-0.05, 0) is 41.9 Å². The number of rotatable bonds is 8. The minimum absolute atomic E-state index is 0.0179. The number of hydrogen-bond acceptors (Lipinski definition) is 8. The van der Waals surface area contributed by atoms with Gasteiger partial charge in [0.2, 0.25) is 5.88 Å². The lowest BCUT2D eigenvalue weighted by Gasteiger charge is -2.21. The fraction of sp³-hybridized carbons (Fsp3) is 0.391. The number of aldehydes is 1. The van der Waals surface area contributed by atoms with Crippen LogP contribution in [-0.2, 0) is 21.6 Å². The van der Waals surface area contributed by atoms with Crippen molar-refractivity contribution in [2.24, 2.45) is 5.73 Å². The molecule has 2 heterocycles. The highest BCUT2D eigenvalue weighted by atomic mass is 79.9. The van der Waals surface area contributed by atoms with Crippen LogP contribution in [0.5, 0.6) is 5.88 Å². The first-order valence-corrected chi connectivity index (χ1v) is 11.5. The summed E-state index contributed by atoms with van der Waals surface area (Å²) in [5.74, 6) is -1.50. The number of ether oxygens (including phenoxy) is 2. The number of hydrogen-bond donors (Lipinski definition) is 1. The minimum atomic E-state index is -1.26. The smallest absolute Gasteiger partial charge is 0.271 e. The van der Waals surface area contributed by atoms with E-state index in [1.54, 1.807) is 14.0 Å². The topological polar surface area (TPSA) is 122 Å². The largest absolute Gasteiger partial charge is 0.474 e. The first-order valence-electron chi connectivity index (χ1n) is 10.7. The van der Waals surface area contributed by atoms with Crippen LogP contribution in [0.1, 0.15) is 33.5 Å². The fourth-order valence-electron chi connectivity index (χ4n) is 2.45. The average Bonchev–Trinajstić information content (AvgIpc) is 3.34. The second kappa shape index (κ2) is 14.4. The molecular formula is C23H29BrF2N4O5. The number of carbonyl (C=O) groups excluding carboxylic acids is 1. The Balaban J connectivity index is 0.000000926. The molecule has 0 amide bonds. The summed E-state index contributed by atoms with van der Waals surface area (Å²) in [4.78, 5) is 26.6. The van der Waals surface area contributed by atoms with Crippen molar-refractivity contribution in [3.8, 4) is 17.1 Å². The third-order valence-electron chi connectivity index (χ3n) is 4.31. The molecule has 0 spiro atoms. The molecule has 0 aliphatic heterocycles. The molecule has 2 N–H and O–H groups in total. The number of nitrogens with two attached hydrogens (primary N) is 1. The van der Waals surface area contributed by atoms with E-state index in [2.05, 4.69) is 30.8 Å². The van der Waals surface area contributed by atoms with Crippen molar-refractivity contribution in [3.63, 3.8) is 0 Å². The van der Waals surface area contributed by atoms with E-state index >= 15 is 0 Å². The van der Waals surface area contributed by atoms with E-state index in [1.807, 2.05) is 20.8 Å². The number of aromatic nitrogens is 3. The first kappa shape index (κ1) is 30.1. The Morgan fingerprint density at radius 3 is 2.43 bits per heavy atom. The molecule has 35 heavy (non-hydrogen) atoms. The second-order valence-electron chi connectivity index (χ2n) is 6.94. The van der Waals surface area contributed by atoms with E-state index in [0.717, 1.165) is 29.6 Å². The van der Waals surface area contributed by atoms with Gasteiger partial charge in [-0.3, -0.25) is 9.36 Å². The van der Waals surface area contributed by atoms with Gasteiger partial charge in [0.05, 0.1) is 12.1 Å². The van der Waals surface area contributed by atoms with Crippen molar-refractivity contribution in [1.29, 1.82) is 0 Å². The number of halogens is 3. The molecule has 0 aliphatic carbocycles. The normalized spacial score (nSPS) is 11.9. The van der Waals surface area contributed by atoms with E-state index < -0.39 is 22.7 Å². The molecule has 0 bridgehead atoms. The Kier molecular flexibility index (Phi) is 12.4. The monoisotopic (exact) mass is 558 g/mol. The van der Waals surface area contributed by atoms with Crippen molar-refractivity contribution in [3.05, 3.63) is 62.8 Å². The van der Waals surface area contributed by atoms with Gasteiger partial charge in [0, 0.05) is 19.8 Å². The summed E-state index contributed by atoms with van der Waals surface area (Å²) >= 11 is 3.08. The highest BCUT2D eigenvalue weighted by Gasteiger charge is 2.30. The molecule has 1 unspecified atom stereocenters. The quantitative estimate of drug-likeness (QED) is 0.410. The predicted octanol–water partition coefficient (Wildman–Crippen LogP) is 4.07. The van der Waals surface area contributed by atoms with Crippen LogP contribution in [0.2, 0.25) is 0 Å². The van der Waals surface area contributed by atoms with Gasteiger partial charge in [0.15, 0.2) is 5.76 Å². The zero-order valence-electron chi connectivity index (χ0n) is 20.2. The molecular weight excluding hydrogens is 530 g/mol. The van der Waals surface area contributed by atoms with Gasteiger partial charge < -0.3 is 24.5 Å². The van der Waals surface area contributed by atoms with Crippen LogP contribution in [-0.4, -0.2) is 41.3 Å². The van der Waals surface area contributed by atoms with Crippen LogP contribution < -0.4 is 16.0 Å². The molecule has 0 fully saturated rings. The lowest BCUT2D eigenvalue weighted by Crippen LogP contribution is -2.39. The second-order valence-corrected chi connectivity index (χ2v) is 7.74. The van der Waals surface area contributed by atoms with Crippen molar-refractivity contribution in [2.75, 3.05) is 20.3 Å². The van der Waals surface area contributed by atoms with E-state index in [0.29, 0.717) is 6.29 Å². The molecule has 3 rings (SSSR count). The SMILES string of the molecule is CC.CC(N)(COc1ncn(CC=O)c(=O)c1Br)c1cc(-c2c(F)cccc2F)no1.CCOC. The summed E-state index contributed by atoms with van der Waals surface area (Å²) in [6.07, 6.45) is 1.73. The number of methoxy groups -OCH3 is 1. The maximum atomic E-state index is 13.9. The van der Waals surface area contributed by atoms with Gasteiger partial charge in [0.25, 0.3) is 5.56 Å². The van der Waals surface area contributed by atoms with Crippen molar-refractivity contribution >= 4 is 22.2 Å². The summed E-state index contributed by atoms with van der Waals surface area (Å²) in [7, 11) is 1.68. The van der Waals surface area contributed by atoms with E-state index in [1.165, 1.54) is 12.1 Å². The van der Waals surface area contributed by atoms with Gasteiger partial charge in [-0.25, -0.2) is 13.8 Å². The third kappa shape index (κ3) is 8.05. The fourth-order valence-corrected chi connectivity index (χ4v) is 2.90. The van der Waals surface area contributed by atoms with Gasteiger partial charge in [-0.15, -0.1) is 0 Å². The van der Waals surface area contributed by atoms with Crippen LogP contribution in [0.3, 0.4) is 0 Å². The molecule has 12 heteroatoms. The Bertz CT molecular complexity index is 1130. The predicted molar refractivity (Wildman–Crippen MR) is 130 cm³/mol. The third-order valence-corrected chi connectivity index (χ3v) is 4.99. The van der Waals surface area contributed by atoms with E-state index in [4.69, 9.17) is 15.0 Å². The van der Waals surface area contributed by atoms with Crippen LogP contribution >= 0.6 is 15.9 Å². The summed E-state index contributed by atoms with van der Waals surface area (Å²) in [6, 6.07) is 4.76. The molecule has 3 aromatic rings. The Hall–Kier alpha value is -2.96. The molecule has 1 aromatic carbocycles. The maximum absolute atomic E-state index is 13.9. The molecule has 1 atom stereocenters. The molecule has 9 nitrogen and oxygen atoms in total. The van der Waals surface area contributed by atoms with Crippen molar-refractivity contribution < 1.29 is 27.6 Å². The highest BCUT2D eigenvalue weighted by Crippen LogP contribution is 2.29. The van der Waals surface area contributed by atoms with E-state index in [9.17, 15) is 18.4 Å². The Labute approximate surface area is 210 Å². The average molecular weight is 559 g/mol. The van der Waals surface area contributed by atoms with Gasteiger partial charge in [-0.2, -0.15) is 0 Å². The van der Waals surface area contributed by atoms with Gasteiger partial charge >= 0.3 is 0 Å². The summed E-state index contributed by atoms with van der Waals surface area (Å²) in [5, 5.41) is 3.69. The zero-order chi connectivity index (χ0) is 26.6. The maximum Gasteiger partial charge on any atom is 0.271 e. The molecule has 2 aromatic heterocycles. The van der Waals surface area contributed by atoms with Crippen LogP contribution in [0, 0.1) is 11.6 Å². The van der Waals surface area contributed by atoms with Crippen LogP contribution in [0.15, 0.2) is 44.4 Å². The molecule has 0 saturated heterocycles. The van der Waals surface area contributed by atoms with Crippen molar-refractivity contribution in [2.45, 2.75) is 39.8 Å². The highest BCUT2D eigenvalue weighted by molar-refractivity contribution is 9.10. The van der Waals surface area contributed by atoms with Gasteiger partial charge in [-0.1, -0.05) is 25.1 Å². The molecule has 0 radical (unpaired) electrons. The number of nitrogens with zero attached hydrogens (tertiary/aromatic N) is 3. The molecule has 0 aliphatic rings. The standard InChI is InChI=1S/C18H15BrF2N4O4.C3H8O.C2H6/c1-18(22,8-28-16-15(19)17(27)25(5-6-26)9-23-16)13-7-12(24-29-13)14-10(20)3-2-4-11(14)21;1-3-4-2;1-2/h2-4,6-7,9H,5,8,22H2,1H3;3H2,1-2H3;1-2H3. The number of carbonyl (C=O) groups is 1. The molecule has 0 saturated carbocycles. The lowest BCUT2D eigenvalue weighted by atomic mass is 10.0. The lowest BCUT2D eigenvalue weighted by molar-refractivity contribution is -0.108. The summed E-state index contributed by atoms with van der Waals surface area (Å²) < 4.78 is 44.2. The summed E-state index contributed by atoms with van der Waals surface area (Å²) in [6.45, 7) is 7.99. The first-order chi connectivity index (χ1) is 16.7. The zero-order valence-corrected chi connectivity index (χ0v) is 21.8.